The number of aryl methyl sites for hydroxylation is 1. The van der Waals surface area contributed by atoms with Crippen LogP contribution in [-0.2, 0) is 17.8 Å². The topological polar surface area (TPSA) is 46.9 Å². The van der Waals surface area contributed by atoms with Gasteiger partial charge in [0.2, 0.25) is 5.91 Å². The molecule has 2 aromatic carbocycles. The van der Waals surface area contributed by atoms with Gasteiger partial charge in [-0.15, -0.1) is 0 Å². The summed E-state index contributed by atoms with van der Waals surface area (Å²) in [7, 11) is 0. The molecule has 6 heteroatoms. The molecule has 0 bridgehead atoms. The van der Waals surface area contributed by atoms with E-state index in [1.165, 1.54) is 0 Å². The lowest BCUT2D eigenvalue weighted by atomic mass is 10.1. The van der Waals surface area contributed by atoms with E-state index in [0.717, 1.165) is 54.6 Å². The molecule has 1 amide bonds. The van der Waals surface area contributed by atoms with Crippen molar-refractivity contribution in [2.45, 2.75) is 39.2 Å². The highest BCUT2D eigenvalue weighted by atomic mass is 35.5. The minimum atomic E-state index is 0.0217. The predicted octanol–water partition coefficient (Wildman–Crippen LogP) is 5.24. The van der Waals surface area contributed by atoms with Gasteiger partial charge in [0.25, 0.3) is 0 Å². The van der Waals surface area contributed by atoms with Crippen molar-refractivity contribution in [3.05, 3.63) is 63.9 Å². The number of fused-ring (bicyclic) bond motifs is 1. The molecule has 3 aromatic rings. The van der Waals surface area contributed by atoms with Crippen LogP contribution in [0.1, 0.15) is 37.6 Å². The predicted molar refractivity (Wildman–Crippen MR) is 112 cm³/mol. The molecule has 0 spiro atoms. The van der Waals surface area contributed by atoms with E-state index in [1.807, 2.05) is 36.4 Å². The maximum atomic E-state index is 10.9. The molecule has 1 N–H and O–H groups in total. The molecular formula is C21H23Cl2N3O. The fraction of sp³-hybridized carbons (Fsp3) is 0.333. The van der Waals surface area contributed by atoms with Gasteiger partial charge in [-0.2, -0.15) is 0 Å². The molecular weight excluding hydrogens is 381 g/mol. The van der Waals surface area contributed by atoms with Crippen molar-refractivity contribution in [1.29, 1.82) is 0 Å². The monoisotopic (exact) mass is 403 g/mol. The number of nitrogens with zero attached hydrogens (tertiary/aromatic N) is 2. The average Bonchev–Trinajstić information content (AvgIpc) is 2.98. The number of imidazole rings is 1. The second-order valence-corrected chi connectivity index (χ2v) is 7.41. The summed E-state index contributed by atoms with van der Waals surface area (Å²) in [6.07, 6.45) is 3.89. The molecule has 1 aromatic heterocycles. The minimum absolute atomic E-state index is 0.0217. The van der Waals surface area contributed by atoms with Crippen LogP contribution in [0.15, 0.2) is 42.5 Å². The summed E-state index contributed by atoms with van der Waals surface area (Å²) in [5, 5.41) is 4.17. The number of halogens is 2. The van der Waals surface area contributed by atoms with Gasteiger partial charge in [0.1, 0.15) is 5.82 Å². The van der Waals surface area contributed by atoms with E-state index in [2.05, 4.69) is 16.0 Å². The van der Waals surface area contributed by atoms with Gasteiger partial charge >= 0.3 is 0 Å². The summed E-state index contributed by atoms with van der Waals surface area (Å²) >= 11 is 12.8. The Hall–Kier alpha value is -2.04. The summed E-state index contributed by atoms with van der Waals surface area (Å²) in [5.74, 6) is 1.06. The van der Waals surface area contributed by atoms with Crippen LogP contribution in [0.3, 0.4) is 0 Å². The first-order valence-electron chi connectivity index (χ1n) is 9.17. The summed E-state index contributed by atoms with van der Waals surface area (Å²) in [6, 6.07) is 13.7. The number of hydrogen-bond acceptors (Lipinski definition) is 2. The van der Waals surface area contributed by atoms with Crippen LogP contribution in [-0.4, -0.2) is 22.0 Å². The molecule has 0 aliphatic carbocycles. The van der Waals surface area contributed by atoms with Crippen molar-refractivity contribution in [1.82, 2.24) is 14.9 Å². The molecule has 0 aliphatic heterocycles. The lowest BCUT2D eigenvalue weighted by Gasteiger charge is -2.12. The summed E-state index contributed by atoms with van der Waals surface area (Å²) in [6.45, 7) is 2.86. The Morgan fingerprint density at radius 1 is 1.04 bits per heavy atom. The standard InChI is InChI=1S/C21H23Cl2N3O/c1-15(27)24-13-6-2-3-12-21-25-19-10-4-5-11-20(19)26(21)14-16-17(22)8-7-9-18(16)23/h4-5,7-11H,2-3,6,12-14H2,1H3,(H,24,27). The van der Waals surface area contributed by atoms with Gasteiger partial charge in [-0.25, -0.2) is 4.98 Å². The van der Waals surface area contributed by atoms with E-state index in [9.17, 15) is 4.79 Å². The molecule has 0 fully saturated rings. The van der Waals surface area contributed by atoms with Crippen molar-refractivity contribution in [2.75, 3.05) is 6.54 Å². The van der Waals surface area contributed by atoms with E-state index in [1.54, 1.807) is 6.92 Å². The highest BCUT2D eigenvalue weighted by molar-refractivity contribution is 6.36. The summed E-state index contributed by atoms with van der Waals surface area (Å²) in [4.78, 5) is 15.7. The van der Waals surface area contributed by atoms with Crippen molar-refractivity contribution >= 4 is 40.1 Å². The van der Waals surface area contributed by atoms with Gasteiger partial charge in [-0.1, -0.05) is 47.8 Å². The zero-order valence-corrected chi connectivity index (χ0v) is 16.9. The lowest BCUT2D eigenvalue weighted by molar-refractivity contribution is -0.118. The summed E-state index contributed by atoms with van der Waals surface area (Å²) < 4.78 is 2.20. The van der Waals surface area contributed by atoms with Gasteiger partial charge in [0.15, 0.2) is 0 Å². The van der Waals surface area contributed by atoms with Crippen molar-refractivity contribution < 1.29 is 4.79 Å². The number of nitrogens with one attached hydrogen (secondary N) is 1. The molecule has 4 nitrogen and oxygen atoms in total. The smallest absolute Gasteiger partial charge is 0.216 e. The third kappa shape index (κ3) is 5.02. The quantitative estimate of drug-likeness (QED) is 0.522. The molecule has 0 unspecified atom stereocenters. The minimum Gasteiger partial charge on any atom is -0.356 e. The average molecular weight is 404 g/mol. The molecule has 0 aliphatic rings. The maximum Gasteiger partial charge on any atom is 0.216 e. The fourth-order valence-corrected chi connectivity index (χ4v) is 3.70. The molecule has 27 heavy (non-hydrogen) atoms. The maximum absolute atomic E-state index is 10.9. The molecule has 1 heterocycles. The zero-order chi connectivity index (χ0) is 19.2. The molecule has 142 valence electrons. The Morgan fingerprint density at radius 3 is 2.52 bits per heavy atom. The van der Waals surface area contributed by atoms with Gasteiger partial charge in [0, 0.05) is 35.5 Å². The van der Waals surface area contributed by atoms with Crippen LogP contribution in [0.5, 0.6) is 0 Å². The van der Waals surface area contributed by atoms with Gasteiger partial charge in [-0.05, 0) is 37.1 Å². The lowest BCUT2D eigenvalue weighted by Crippen LogP contribution is -2.20. The van der Waals surface area contributed by atoms with Gasteiger partial charge in [0.05, 0.1) is 17.6 Å². The first-order valence-corrected chi connectivity index (χ1v) is 9.93. The fourth-order valence-electron chi connectivity index (χ4n) is 3.18. The van der Waals surface area contributed by atoms with Crippen LogP contribution >= 0.6 is 23.2 Å². The number of carbonyl (C=O) groups excluding carboxylic acids is 1. The van der Waals surface area contributed by atoms with E-state index < -0.39 is 0 Å². The number of amides is 1. The van der Waals surface area contributed by atoms with Crippen LogP contribution < -0.4 is 5.32 Å². The zero-order valence-electron chi connectivity index (χ0n) is 15.3. The third-order valence-corrected chi connectivity index (χ3v) is 5.27. The highest BCUT2D eigenvalue weighted by Gasteiger charge is 2.14. The highest BCUT2D eigenvalue weighted by Crippen LogP contribution is 2.28. The van der Waals surface area contributed by atoms with Crippen molar-refractivity contribution in [3.8, 4) is 0 Å². The van der Waals surface area contributed by atoms with Crippen LogP contribution in [0.4, 0.5) is 0 Å². The normalized spacial score (nSPS) is 11.1. The Labute approximate surface area is 169 Å². The van der Waals surface area contributed by atoms with Crippen molar-refractivity contribution in [2.24, 2.45) is 0 Å². The number of benzene rings is 2. The first-order chi connectivity index (χ1) is 13.1. The molecule has 0 atom stereocenters. The largest absolute Gasteiger partial charge is 0.356 e. The summed E-state index contributed by atoms with van der Waals surface area (Å²) in [5.41, 5.74) is 2.98. The number of aromatic nitrogens is 2. The third-order valence-electron chi connectivity index (χ3n) is 4.56. The van der Waals surface area contributed by atoms with Gasteiger partial charge in [-0.3, -0.25) is 4.79 Å². The van der Waals surface area contributed by atoms with Crippen LogP contribution in [0.25, 0.3) is 11.0 Å². The van der Waals surface area contributed by atoms with E-state index in [4.69, 9.17) is 28.2 Å². The van der Waals surface area contributed by atoms with Crippen molar-refractivity contribution in [3.63, 3.8) is 0 Å². The molecule has 0 saturated heterocycles. The number of hydrogen-bond donors (Lipinski definition) is 1. The second kappa shape index (κ2) is 9.25. The molecule has 0 radical (unpaired) electrons. The van der Waals surface area contributed by atoms with E-state index >= 15 is 0 Å². The second-order valence-electron chi connectivity index (χ2n) is 6.60. The SMILES string of the molecule is CC(=O)NCCCCCc1nc2ccccc2n1Cc1c(Cl)cccc1Cl. The van der Waals surface area contributed by atoms with E-state index in [0.29, 0.717) is 16.6 Å². The van der Waals surface area contributed by atoms with Gasteiger partial charge < -0.3 is 9.88 Å². The number of carbonyl (C=O) groups is 1. The van der Waals surface area contributed by atoms with E-state index in [-0.39, 0.29) is 5.91 Å². The Bertz CT molecular complexity index is 916. The Kier molecular flexibility index (Phi) is 6.75. The van der Waals surface area contributed by atoms with Crippen LogP contribution in [0.2, 0.25) is 10.0 Å². The van der Waals surface area contributed by atoms with Crippen LogP contribution in [0, 0.1) is 0 Å². The first kappa shape index (κ1) is 19.7. The number of unbranched alkanes of at least 4 members (excludes halogenated alkanes) is 2. The number of rotatable bonds is 8. The Balaban J connectivity index is 1.77. The molecule has 3 rings (SSSR count). The number of para-hydroxylation sites is 2. The molecule has 0 saturated carbocycles. The Morgan fingerprint density at radius 2 is 1.78 bits per heavy atom.